The third-order valence-corrected chi connectivity index (χ3v) is 5.02. The van der Waals surface area contributed by atoms with Gasteiger partial charge in [-0.05, 0) is 38.7 Å². The van der Waals surface area contributed by atoms with Crippen LogP contribution in [-0.2, 0) is 19.0 Å². The molecule has 0 radical (unpaired) electrons. The number of morpholine rings is 1. The first-order valence-corrected chi connectivity index (χ1v) is 9.69. The molecule has 0 saturated carbocycles. The fourth-order valence-corrected chi connectivity index (χ4v) is 3.35. The van der Waals surface area contributed by atoms with Crippen LogP contribution in [0.15, 0.2) is 24.8 Å². The van der Waals surface area contributed by atoms with Crippen LogP contribution >= 0.6 is 0 Å². The molecule has 0 aromatic rings. The first-order chi connectivity index (χ1) is 12.9. The summed E-state index contributed by atoms with van der Waals surface area (Å²) >= 11 is 0. The molecular weight excluding hydrogens is 348 g/mol. The van der Waals surface area contributed by atoms with Gasteiger partial charge < -0.3 is 24.4 Å². The van der Waals surface area contributed by atoms with E-state index in [-0.39, 0.29) is 30.3 Å². The summed E-state index contributed by atoms with van der Waals surface area (Å²) in [5.41, 5.74) is 0. The Hall–Kier alpha value is -1.86. The maximum Gasteiger partial charge on any atom is 0.410 e. The molecule has 0 bridgehead atoms. The Bertz CT molecular complexity index is 544. The predicted molar refractivity (Wildman–Crippen MR) is 102 cm³/mol. The van der Waals surface area contributed by atoms with Crippen LogP contribution in [0, 0.1) is 5.92 Å². The Labute approximate surface area is 161 Å². The molecule has 0 spiro atoms. The fourth-order valence-electron chi connectivity index (χ4n) is 3.35. The van der Waals surface area contributed by atoms with E-state index in [0.717, 1.165) is 12.8 Å². The molecule has 0 aromatic heterocycles. The largest absolute Gasteiger partial charge is 0.442 e. The molecule has 1 N–H and O–H groups in total. The van der Waals surface area contributed by atoms with Gasteiger partial charge in [0.25, 0.3) is 0 Å². The van der Waals surface area contributed by atoms with Crippen molar-refractivity contribution < 1.29 is 23.8 Å². The number of nitrogens with zero attached hydrogens (tertiary/aromatic N) is 1. The maximum absolute atomic E-state index is 12.2. The van der Waals surface area contributed by atoms with Crippen LogP contribution in [-0.4, -0.2) is 67.6 Å². The van der Waals surface area contributed by atoms with E-state index in [0.29, 0.717) is 32.2 Å². The van der Waals surface area contributed by atoms with Crippen LogP contribution in [0.25, 0.3) is 0 Å². The molecule has 2 rings (SSSR count). The number of carbonyl (C=O) groups excluding carboxylic acids is 2. The highest BCUT2D eigenvalue weighted by Gasteiger charge is 2.33. The van der Waals surface area contributed by atoms with Crippen LogP contribution in [0.3, 0.4) is 0 Å². The lowest BCUT2D eigenvalue weighted by Gasteiger charge is -2.39. The summed E-state index contributed by atoms with van der Waals surface area (Å²) in [7, 11) is 0. The van der Waals surface area contributed by atoms with Crippen molar-refractivity contribution in [2.24, 2.45) is 5.92 Å². The molecule has 2 fully saturated rings. The van der Waals surface area contributed by atoms with Crippen molar-refractivity contribution in [2.75, 3.05) is 26.3 Å². The third-order valence-electron chi connectivity index (χ3n) is 5.02. The van der Waals surface area contributed by atoms with E-state index in [2.05, 4.69) is 18.8 Å². The van der Waals surface area contributed by atoms with Gasteiger partial charge in [0, 0.05) is 19.2 Å². The number of carbonyl (C=O) groups is 2. The maximum atomic E-state index is 12.2. The van der Waals surface area contributed by atoms with E-state index in [1.807, 2.05) is 13.0 Å². The SMILES string of the molecule is C=CCC1OC(C)C(NC(=O)/C=C\C(C)OC(=O)N2CCOCC2)CC1C. The second-order valence-corrected chi connectivity index (χ2v) is 7.28. The van der Waals surface area contributed by atoms with Gasteiger partial charge in [-0.1, -0.05) is 13.0 Å². The number of nitrogens with one attached hydrogen (secondary N) is 1. The second kappa shape index (κ2) is 10.5. The molecule has 5 unspecified atom stereocenters. The van der Waals surface area contributed by atoms with E-state index in [9.17, 15) is 9.59 Å². The monoisotopic (exact) mass is 380 g/mol. The van der Waals surface area contributed by atoms with Gasteiger partial charge in [0.05, 0.1) is 31.5 Å². The number of rotatable bonds is 6. The van der Waals surface area contributed by atoms with Crippen molar-refractivity contribution in [3.63, 3.8) is 0 Å². The van der Waals surface area contributed by atoms with Crippen molar-refractivity contribution in [3.8, 4) is 0 Å². The molecule has 2 aliphatic heterocycles. The Kier molecular flexibility index (Phi) is 8.31. The van der Waals surface area contributed by atoms with Crippen LogP contribution in [0.2, 0.25) is 0 Å². The summed E-state index contributed by atoms with van der Waals surface area (Å²) < 4.78 is 16.6. The molecule has 0 aliphatic carbocycles. The standard InChI is InChI=1S/C20H32N2O5/c1-5-6-18-14(2)13-17(16(4)27-18)21-19(23)8-7-15(3)26-20(24)22-9-11-25-12-10-22/h5,7-8,14-18H,1,6,9-13H2,2-4H3,(H,21,23)/b8-7-. The van der Waals surface area contributed by atoms with Crippen molar-refractivity contribution in [3.05, 3.63) is 24.8 Å². The zero-order chi connectivity index (χ0) is 19.8. The molecular formula is C20H32N2O5. The lowest BCUT2D eigenvalue weighted by atomic mass is 9.88. The third kappa shape index (κ3) is 6.66. The first-order valence-electron chi connectivity index (χ1n) is 9.69. The number of ether oxygens (including phenoxy) is 3. The molecule has 2 saturated heterocycles. The van der Waals surface area contributed by atoms with Crippen molar-refractivity contribution >= 4 is 12.0 Å². The molecule has 7 nitrogen and oxygen atoms in total. The molecule has 27 heavy (non-hydrogen) atoms. The minimum Gasteiger partial charge on any atom is -0.442 e. The smallest absolute Gasteiger partial charge is 0.410 e. The van der Waals surface area contributed by atoms with E-state index in [1.54, 1.807) is 17.9 Å². The minimum absolute atomic E-state index is 0.0376. The van der Waals surface area contributed by atoms with E-state index >= 15 is 0 Å². The van der Waals surface area contributed by atoms with Gasteiger partial charge in [0.2, 0.25) is 5.91 Å². The quantitative estimate of drug-likeness (QED) is 0.565. The number of hydrogen-bond donors (Lipinski definition) is 1. The normalized spacial score (nSPS) is 30.0. The summed E-state index contributed by atoms with van der Waals surface area (Å²) in [5.74, 6) is 0.140. The first kappa shape index (κ1) is 21.4. The predicted octanol–water partition coefficient (Wildman–Crippen LogP) is 2.27. The lowest BCUT2D eigenvalue weighted by molar-refractivity contribution is -0.123. The van der Waals surface area contributed by atoms with E-state index in [4.69, 9.17) is 14.2 Å². The highest BCUT2D eigenvalue weighted by atomic mass is 16.6. The van der Waals surface area contributed by atoms with Gasteiger partial charge in [-0.25, -0.2) is 4.79 Å². The highest BCUT2D eigenvalue weighted by molar-refractivity contribution is 5.87. The lowest BCUT2D eigenvalue weighted by Crippen LogP contribution is -2.50. The molecule has 2 aliphatic rings. The van der Waals surface area contributed by atoms with Gasteiger partial charge in [-0.2, -0.15) is 0 Å². The Morgan fingerprint density at radius 3 is 2.70 bits per heavy atom. The summed E-state index contributed by atoms with van der Waals surface area (Å²) in [5, 5.41) is 2.99. The number of hydrogen-bond acceptors (Lipinski definition) is 5. The molecule has 152 valence electrons. The molecule has 7 heteroatoms. The van der Waals surface area contributed by atoms with Crippen LogP contribution < -0.4 is 5.32 Å². The van der Waals surface area contributed by atoms with Gasteiger partial charge in [-0.15, -0.1) is 6.58 Å². The van der Waals surface area contributed by atoms with Crippen molar-refractivity contribution in [1.29, 1.82) is 0 Å². The van der Waals surface area contributed by atoms with Crippen LogP contribution in [0.1, 0.15) is 33.6 Å². The fraction of sp³-hybridized carbons (Fsp3) is 0.700. The van der Waals surface area contributed by atoms with Gasteiger partial charge >= 0.3 is 6.09 Å². The molecule has 0 aromatic carbocycles. The van der Waals surface area contributed by atoms with Crippen LogP contribution in [0.4, 0.5) is 4.79 Å². The highest BCUT2D eigenvalue weighted by Crippen LogP contribution is 2.27. The Morgan fingerprint density at radius 2 is 2.04 bits per heavy atom. The molecule has 5 atom stereocenters. The van der Waals surface area contributed by atoms with Crippen LogP contribution in [0.5, 0.6) is 0 Å². The molecule has 2 amide bonds. The molecule has 2 heterocycles. The summed E-state index contributed by atoms with van der Waals surface area (Å²) in [6, 6.07) is -0.0376. The van der Waals surface area contributed by atoms with Crippen molar-refractivity contribution in [2.45, 2.75) is 58.0 Å². The van der Waals surface area contributed by atoms with Gasteiger partial charge in [0.1, 0.15) is 6.10 Å². The zero-order valence-corrected chi connectivity index (χ0v) is 16.6. The second-order valence-electron chi connectivity index (χ2n) is 7.28. The summed E-state index contributed by atoms with van der Waals surface area (Å²) in [4.78, 5) is 25.9. The average molecular weight is 380 g/mol. The minimum atomic E-state index is -0.484. The van der Waals surface area contributed by atoms with E-state index in [1.165, 1.54) is 6.08 Å². The number of amides is 2. The van der Waals surface area contributed by atoms with Gasteiger partial charge in [0.15, 0.2) is 0 Å². The Morgan fingerprint density at radius 1 is 1.33 bits per heavy atom. The summed E-state index contributed by atoms with van der Waals surface area (Å²) in [6.45, 7) is 11.7. The van der Waals surface area contributed by atoms with Gasteiger partial charge in [-0.3, -0.25) is 4.79 Å². The van der Waals surface area contributed by atoms with E-state index < -0.39 is 6.10 Å². The Balaban J connectivity index is 1.77. The average Bonchev–Trinajstić information content (AvgIpc) is 2.65. The zero-order valence-electron chi connectivity index (χ0n) is 16.6. The van der Waals surface area contributed by atoms with Crippen molar-refractivity contribution in [1.82, 2.24) is 10.2 Å². The summed E-state index contributed by atoms with van der Waals surface area (Å²) in [6.07, 6.45) is 5.79. The topological polar surface area (TPSA) is 77.1 Å².